The summed E-state index contributed by atoms with van der Waals surface area (Å²) >= 11 is 0. The van der Waals surface area contributed by atoms with Crippen LogP contribution in [-0.4, -0.2) is 28.4 Å². The first-order valence-corrected chi connectivity index (χ1v) is 7.27. The maximum atomic E-state index is 12.4. The van der Waals surface area contributed by atoms with Crippen molar-refractivity contribution in [3.05, 3.63) is 33.2 Å². The molecule has 1 aromatic rings. The van der Waals surface area contributed by atoms with Crippen molar-refractivity contribution in [2.24, 2.45) is 0 Å². The Kier molecular flexibility index (Phi) is 3.61. The second-order valence-corrected chi connectivity index (χ2v) is 5.61. The highest BCUT2D eigenvalue weighted by Crippen LogP contribution is 2.23. The number of pyridine rings is 1. The van der Waals surface area contributed by atoms with Gasteiger partial charge in [0.1, 0.15) is 5.56 Å². The lowest BCUT2D eigenvalue weighted by molar-refractivity contribution is 0.0689. The van der Waals surface area contributed by atoms with E-state index < -0.39 is 5.97 Å². The summed E-state index contributed by atoms with van der Waals surface area (Å²) in [7, 11) is 0. The third kappa shape index (κ3) is 2.38. The first-order valence-electron chi connectivity index (χ1n) is 7.27. The number of carboxylic acid groups (broad SMARTS) is 1. The van der Waals surface area contributed by atoms with E-state index in [1.807, 2.05) is 6.20 Å². The Labute approximate surface area is 117 Å². The normalized spacial score (nSPS) is 21.7. The molecule has 108 valence electrons. The first-order chi connectivity index (χ1) is 9.66. The average Bonchev–Trinajstić information content (AvgIpc) is 2.92. The van der Waals surface area contributed by atoms with Crippen molar-refractivity contribution < 1.29 is 14.6 Å². The van der Waals surface area contributed by atoms with Crippen LogP contribution >= 0.6 is 0 Å². The minimum Gasteiger partial charge on any atom is -0.477 e. The quantitative estimate of drug-likeness (QED) is 0.911. The number of nitrogens with zero attached hydrogens (tertiary/aromatic N) is 1. The maximum absolute atomic E-state index is 12.4. The molecule has 1 N–H and O–H groups in total. The number of aryl methyl sites for hydroxylation is 1. The van der Waals surface area contributed by atoms with Crippen LogP contribution in [0.25, 0.3) is 0 Å². The van der Waals surface area contributed by atoms with Gasteiger partial charge in [0, 0.05) is 12.8 Å². The van der Waals surface area contributed by atoms with Crippen molar-refractivity contribution in [3.63, 3.8) is 0 Å². The standard InChI is InChI=1S/C15H19NO4/c17-14-13(15(18)19)12-6-2-1-4-10(12)8-16(14)9-11-5-3-7-20-11/h8,11H,1-7,9H2,(H,18,19). The lowest BCUT2D eigenvalue weighted by Crippen LogP contribution is -2.33. The second-order valence-electron chi connectivity index (χ2n) is 5.61. The third-order valence-corrected chi connectivity index (χ3v) is 4.24. The highest BCUT2D eigenvalue weighted by Gasteiger charge is 2.24. The zero-order valence-electron chi connectivity index (χ0n) is 11.4. The molecule has 0 saturated carbocycles. The topological polar surface area (TPSA) is 68.5 Å². The average molecular weight is 277 g/mol. The predicted octanol–water partition coefficient (Wildman–Crippen LogP) is 1.60. The molecule has 0 bridgehead atoms. The monoisotopic (exact) mass is 277 g/mol. The molecule has 1 saturated heterocycles. The summed E-state index contributed by atoms with van der Waals surface area (Å²) < 4.78 is 7.09. The maximum Gasteiger partial charge on any atom is 0.341 e. The number of hydrogen-bond donors (Lipinski definition) is 1. The summed E-state index contributed by atoms with van der Waals surface area (Å²) in [6.45, 7) is 1.20. The Morgan fingerprint density at radius 2 is 2.15 bits per heavy atom. The molecule has 5 nitrogen and oxygen atoms in total. The smallest absolute Gasteiger partial charge is 0.341 e. The van der Waals surface area contributed by atoms with Crippen molar-refractivity contribution in [1.29, 1.82) is 0 Å². The van der Waals surface area contributed by atoms with Gasteiger partial charge in [-0.3, -0.25) is 4.79 Å². The van der Waals surface area contributed by atoms with Gasteiger partial charge in [-0.1, -0.05) is 0 Å². The minimum absolute atomic E-state index is 0.0276. The lowest BCUT2D eigenvalue weighted by Gasteiger charge is -2.21. The van der Waals surface area contributed by atoms with Crippen LogP contribution in [0.3, 0.4) is 0 Å². The lowest BCUT2D eigenvalue weighted by atomic mass is 9.90. The summed E-state index contributed by atoms with van der Waals surface area (Å²) in [4.78, 5) is 23.8. The third-order valence-electron chi connectivity index (χ3n) is 4.24. The van der Waals surface area contributed by atoms with Crippen molar-refractivity contribution in [1.82, 2.24) is 4.57 Å². The molecular formula is C15H19NO4. The van der Waals surface area contributed by atoms with Gasteiger partial charge in [-0.15, -0.1) is 0 Å². The number of carbonyl (C=O) groups is 1. The van der Waals surface area contributed by atoms with Gasteiger partial charge in [0.25, 0.3) is 5.56 Å². The van der Waals surface area contributed by atoms with Gasteiger partial charge in [0.05, 0.1) is 12.6 Å². The van der Waals surface area contributed by atoms with Gasteiger partial charge < -0.3 is 14.4 Å². The molecule has 3 rings (SSSR count). The SMILES string of the molecule is O=C(O)c1c2c(cn(CC3CCCO3)c1=O)CCCC2. The number of hydrogen-bond acceptors (Lipinski definition) is 3. The molecule has 1 atom stereocenters. The van der Waals surface area contributed by atoms with Gasteiger partial charge >= 0.3 is 5.97 Å². The molecule has 2 heterocycles. The fraction of sp³-hybridized carbons (Fsp3) is 0.600. The minimum atomic E-state index is -1.10. The van der Waals surface area contributed by atoms with E-state index in [0.29, 0.717) is 13.0 Å². The molecule has 1 aliphatic heterocycles. The van der Waals surface area contributed by atoms with Crippen LogP contribution < -0.4 is 5.56 Å². The van der Waals surface area contributed by atoms with E-state index in [9.17, 15) is 14.7 Å². The Morgan fingerprint density at radius 3 is 2.85 bits per heavy atom. The predicted molar refractivity (Wildman–Crippen MR) is 73.3 cm³/mol. The molecule has 0 aromatic carbocycles. The molecule has 1 aromatic heterocycles. The first kappa shape index (κ1) is 13.4. The Bertz CT molecular complexity index is 584. The largest absolute Gasteiger partial charge is 0.477 e. The van der Waals surface area contributed by atoms with Gasteiger partial charge in [-0.05, 0) is 49.7 Å². The van der Waals surface area contributed by atoms with Gasteiger partial charge in [0.2, 0.25) is 0 Å². The van der Waals surface area contributed by atoms with Crippen LogP contribution in [0.4, 0.5) is 0 Å². The van der Waals surface area contributed by atoms with E-state index in [1.165, 1.54) is 0 Å². The number of rotatable bonds is 3. The van der Waals surface area contributed by atoms with Crippen LogP contribution in [0.1, 0.15) is 47.2 Å². The molecule has 2 aliphatic rings. The van der Waals surface area contributed by atoms with Crippen molar-refractivity contribution in [2.45, 2.75) is 51.2 Å². The van der Waals surface area contributed by atoms with Crippen molar-refractivity contribution in [2.75, 3.05) is 6.61 Å². The molecule has 0 spiro atoms. The summed E-state index contributed by atoms with van der Waals surface area (Å²) in [6.07, 6.45) is 7.42. The van der Waals surface area contributed by atoms with Crippen LogP contribution in [0.2, 0.25) is 0 Å². The van der Waals surface area contributed by atoms with Crippen molar-refractivity contribution >= 4 is 5.97 Å². The van der Waals surface area contributed by atoms with E-state index in [2.05, 4.69) is 0 Å². The number of carboxylic acids is 1. The van der Waals surface area contributed by atoms with Crippen LogP contribution in [-0.2, 0) is 24.1 Å². The number of aromatic nitrogens is 1. The van der Waals surface area contributed by atoms with E-state index >= 15 is 0 Å². The fourth-order valence-electron chi connectivity index (χ4n) is 3.24. The second kappa shape index (κ2) is 5.40. The van der Waals surface area contributed by atoms with Crippen LogP contribution in [0, 0.1) is 0 Å². The summed E-state index contributed by atoms with van der Waals surface area (Å²) in [5.41, 5.74) is 1.36. The number of fused-ring (bicyclic) bond motifs is 1. The molecule has 20 heavy (non-hydrogen) atoms. The zero-order chi connectivity index (χ0) is 14.1. The van der Waals surface area contributed by atoms with E-state index in [0.717, 1.165) is 49.8 Å². The summed E-state index contributed by atoms with van der Waals surface area (Å²) in [5.74, 6) is -1.10. The van der Waals surface area contributed by atoms with Gasteiger partial charge in [-0.2, -0.15) is 0 Å². The Hall–Kier alpha value is -1.62. The van der Waals surface area contributed by atoms with Gasteiger partial charge in [0.15, 0.2) is 0 Å². The Morgan fingerprint density at radius 1 is 1.35 bits per heavy atom. The van der Waals surface area contributed by atoms with Crippen molar-refractivity contribution in [3.8, 4) is 0 Å². The van der Waals surface area contributed by atoms with Crippen LogP contribution in [0.5, 0.6) is 0 Å². The number of ether oxygens (including phenoxy) is 1. The summed E-state index contributed by atoms with van der Waals surface area (Å²) in [5, 5.41) is 9.36. The molecule has 5 heteroatoms. The van der Waals surface area contributed by atoms with E-state index in [4.69, 9.17) is 4.74 Å². The highest BCUT2D eigenvalue weighted by atomic mass is 16.5. The van der Waals surface area contributed by atoms with E-state index in [1.54, 1.807) is 4.57 Å². The number of aromatic carboxylic acids is 1. The molecule has 1 fully saturated rings. The molecule has 0 radical (unpaired) electrons. The van der Waals surface area contributed by atoms with Crippen LogP contribution in [0.15, 0.2) is 11.0 Å². The summed E-state index contributed by atoms with van der Waals surface area (Å²) in [6, 6.07) is 0. The van der Waals surface area contributed by atoms with Gasteiger partial charge in [-0.25, -0.2) is 4.79 Å². The highest BCUT2D eigenvalue weighted by molar-refractivity contribution is 5.89. The fourth-order valence-corrected chi connectivity index (χ4v) is 3.24. The zero-order valence-corrected chi connectivity index (χ0v) is 11.4. The molecule has 1 aliphatic carbocycles. The Balaban J connectivity index is 2.03. The molecule has 0 amide bonds. The van der Waals surface area contributed by atoms with E-state index in [-0.39, 0.29) is 17.2 Å². The molecule has 1 unspecified atom stereocenters. The molecular weight excluding hydrogens is 258 g/mol.